The van der Waals surface area contributed by atoms with Gasteiger partial charge in [0.25, 0.3) is 0 Å². The van der Waals surface area contributed by atoms with E-state index in [1.807, 2.05) is 41.0 Å². The minimum atomic E-state index is 0.0720. The Morgan fingerprint density at radius 2 is 2.27 bits per heavy atom. The van der Waals surface area contributed by atoms with Crippen LogP contribution in [0.4, 0.5) is 0 Å². The summed E-state index contributed by atoms with van der Waals surface area (Å²) in [4.78, 5) is 0. The molecule has 1 atom stereocenters. The molecule has 0 aliphatic heterocycles. The second-order valence-electron chi connectivity index (χ2n) is 3.09. The summed E-state index contributed by atoms with van der Waals surface area (Å²) in [7, 11) is 0. The molecule has 1 heterocycles. The number of hydrogen-bond donors (Lipinski definition) is 1. The first-order valence-electron chi connectivity index (χ1n) is 4.46. The molecule has 5 heteroatoms. The van der Waals surface area contributed by atoms with Crippen molar-refractivity contribution < 1.29 is 5.11 Å². The quantitative estimate of drug-likeness (QED) is 0.693. The summed E-state index contributed by atoms with van der Waals surface area (Å²) in [6.07, 6.45) is 2.58. The van der Waals surface area contributed by atoms with Gasteiger partial charge in [-0.05, 0) is 39.7 Å². The van der Waals surface area contributed by atoms with Crippen molar-refractivity contribution in [1.29, 1.82) is 0 Å². The first-order chi connectivity index (χ1) is 7.33. The molecule has 0 fully saturated rings. The normalized spacial score (nSPS) is 11.3. The van der Waals surface area contributed by atoms with Crippen molar-refractivity contribution in [3.05, 3.63) is 42.1 Å². The molecule has 0 bridgehead atoms. The molecule has 1 unspecified atom stereocenters. The number of rotatable bonds is 3. The highest BCUT2D eigenvalue weighted by molar-refractivity contribution is 14.2. The van der Waals surface area contributed by atoms with Crippen LogP contribution in [-0.2, 0) is 6.61 Å². The van der Waals surface area contributed by atoms with Crippen LogP contribution >= 0.6 is 28.4 Å². The lowest BCUT2D eigenvalue weighted by atomic mass is 10.1. The highest BCUT2D eigenvalue weighted by Gasteiger charge is 2.02. The maximum Gasteiger partial charge on any atom is 0.0926 e. The highest BCUT2D eigenvalue weighted by Crippen LogP contribution is 2.25. The Kier molecular flexibility index (Phi) is 3.72. The van der Waals surface area contributed by atoms with E-state index in [1.54, 1.807) is 0 Å². The van der Waals surface area contributed by atoms with E-state index < -0.39 is 0 Å². The predicted molar refractivity (Wildman–Crippen MR) is 71.3 cm³/mol. The summed E-state index contributed by atoms with van der Waals surface area (Å²) in [5.41, 5.74) is 2.92. The Bertz CT molecular complexity index is 458. The van der Waals surface area contributed by atoms with Crippen LogP contribution in [0.25, 0.3) is 11.3 Å². The van der Waals surface area contributed by atoms with Gasteiger partial charge >= 0.3 is 0 Å². The summed E-state index contributed by atoms with van der Waals surface area (Å²) in [5, 5.41) is 13.4. The van der Waals surface area contributed by atoms with Crippen molar-refractivity contribution in [2.75, 3.05) is 0 Å². The van der Waals surface area contributed by atoms with Gasteiger partial charge in [0.2, 0.25) is 0 Å². The summed E-state index contributed by atoms with van der Waals surface area (Å²) in [5.74, 6) is 0. The van der Waals surface area contributed by atoms with E-state index in [-0.39, 0.29) is 6.61 Å². The Labute approximate surface area is 103 Å². The van der Waals surface area contributed by atoms with Crippen LogP contribution in [0.5, 0.6) is 0 Å². The van der Waals surface area contributed by atoms with Gasteiger partial charge in [-0.15, -0.1) is 0 Å². The molecule has 78 valence electrons. The van der Waals surface area contributed by atoms with Crippen LogP contribution in [0.1, 0.15) is 5.56 Å². The zero-order chi connectivity index (χ0) is 10.7. The van der Waals surface area contributed by atoms with E-state index >= 15 is 0 Å². The van der Waals surface area contributed by atoms with Crippen LogP contribution in [0, 0.1) is 0 Å². The van der Waals surface area contributed by atoms with E-state index in [0.717, 1.165) is 16.8 Å². The van der Waals surface area contributed by atoms with Gasteiger partial charge in [0.15, 0.2) is 0 Å². The van der Waals surface area contributed by atoms with Crippen molar-refractivity contribution in [3.8, 4) is 11.3 Å². The first kappa shape index (κ1) is 11.0. The fourth-order valence-electron chi connectivity index (χ4n) is 1.35. The molecule has 0 amide bonds. The Morgan fingerprint density at radius 3 is 2.93 bits per heavy atom. The van der Waals surface area contributed by atoms with E-state index in [9.17, 15) is 0 Å². The molecule has 3 nitrogen and oxygen atoms in total. The van der Waals surface area contributed by atoms with Crippen LogP contribution in [-0.4, -0.2) is 14.7 Å². The Balaban J connectivity index is 2.35. The zero-order valence-corrected chi connectivity index (χ0v) is 11.0. The van der Waals surface area contributed by atoms with E-state index in [4.69, 9.17) is 5.11 Å². The molecular formula is C10H10IN2OP. The lowest BCUT2D eigenvalue weighted by Gasteiger charge is -1.99. The smallest absolute Gasteiger partial charge is 0.0926 e. The van der Waals surface area contributed by atoms with E-state index in [0.29, 0.717) is 6.37 Å². The van der Waals surface area contributed by atoms with Gasteiger partial charge in [0.1, 0.15) is 0 Å². The second-order valence-corrected chi connectivity index (χ2v) is 5.16. The summed E-state index contributed by atoms with van der Waals surface area (Å²) in [6.45, 7) is 0.0720. The standard InChI is InChI=1S/C10H10IN2OP/c11-15-13-5-4-10(12-13)9-3-1-2-8(6-9)7-14/h1-6,14-15H,7H2. The molecule has 0 saturated carbocycles. The largest absolute Gasteiger partial charge is 0.392 e. The van der Waals surface area contributed by atoms with Gasteiger partial charge in [-0.3, -0.25) is 0 Å². The number of aliphatic hydroxyl groups is 1. The second kappa shape index (κ2) is 5.05. The van der Waals surface area contributed by atoms with Gasteiger partial charge in [0, 0.05) is 11.8 Å². The minimum absolute atomic E-state index is 0.0720. The van der Waals surface area contributed by atoms with Crippen molar-refractivity contribution in [1.82, 2.24) is 9.55 Å². The fraction of sp³-hybridized carbons (Fsp3) is 0.100. The van der Waals surface area contributed by atoms with Gasteiger partial charge in [-0.2, -0.15) is 5.10 Å². The van der Waals surface area contributed by atoms with Crippen molar-refractivity contribution in [3.63, 3.8) is 0 Å². The number of halogens is 1. The lowest BCUT2D eigenvalue weighted by Crippen LogP contribution is -1.86. The van der Waals surface area contributed by atoms with Crippen LogP contribution in [0.15, 0.2) is 36.5 Å². The van der Waals surface area contributed by atoms with Crippen molar-refractivity contribution in [2.24, 2.45) is 0 Å². The van der Waals surface area contributed by atoms with Gasteiger partial charge in [-0.1, -0.05) is 18.2 Å². The Morgan fingerprint density at radius 1 is 1.40 bits per heavy atom. The number of aromatic nitrogens is 2. The van der Waals surface area contributed by atoms with Gasteiger partial charge in [-0.25, -0.2) is 4.45 Å². The monoisotopic (exact) mass is 332 g/mol. The summed E-state index contributed by atoms with van der Waals surface area (Å²) in [6, 6.07) is 9.79. The third-order valence-electron chi connectivity index (χ3n) is 2.08. The molecule has 0 aliphatic carbocycles. The molecule has 2 aromatic rings. The molecular weight excluding hydrogens is 322 g/mol. The van der Waals surface area contributed by atoms with E-state index in [1.165, 1.54) is 0 Å². The lowest BCUT2D eigenvalue weighted by molar-refractivity contribution is 0.282. The molecule has 2 rings (SSSR count). The topological polar surface area (TPSA) is 38.0 Å². The molecule has 0 saturated heterocycles. The van der Waals surface area contributed by atoms with E-state index in [2.05, 4.69) is 27.1 Å². The van der Waals surface area contributed by atoms with Crippen molar-refractivity contribution >= 4 is 28.4 Å². The predicted octanol–water partition coefficient (Wildman–Crippen LogP) is 2.83. The maximum absolute atomic E-state index is 9.03. The maximum atomic E-state index is 9.03. The average molecular weight is 332 g/mol. The fourth-order valence-corrected chi connectivity index (χ4v) is 2.44. The molecule has 1 aromatic heterocycles. The molecule has 0 aliphatic rings. The zero-order valence-electron chi connectivity index (χ0n) is 7.89. The SMILES string of the molecule is OCc1cccc(-c2ccn(PI)n2)c1. The number of aliphatic hydroxyl groups excluding tert-OH is 1. The first-order valence-corrected chi connectivity index (χ1v) is 8.52. The third-order valence-corrected chi connectivity index (χ3v) is 3.99. The van der Waals surface area contributed by atoms with Crippen LogP contribution < -0.4 is 0 Å². The number of hydrogen-bond acceptors (Lipinski definition) is 2. The summed E-state index contributed by atoms with van der Waals surface area (Å²) < 4.78 is 1.90. The molecule has 0 spiro atoms. The minimum Gasteiger partial charge on any atom is -0.392 e. The van der Waals surface area contributed by atoms with Crippen LogP contribution in [0.3, 0.4) is 0 Å². The average Bonchev–Trinajstić information content (AvgIpc) is 2.78. The third kappa shape index (κ3) is 2.56. The summed E-state index contributed by atoms with van der Waals surface area (Å²) >= 11 is 2.29. The number of benzene rings is 1. The highest BCUT2D eigenvalue weighted by atomic mass is 127. The molecule has 1 aromatic carbocycles. The van der Waals surface area contributed by atoms with Crippen molar-refractivity contribution in [2.45, 2.75) is 6.61 Å². The molecule has 15 heavy (non-hydrogen) atoms. The van der Waals surface area contributed by atoms with Gasteiger partial charge < -0.3 is 5.11 Å². The van der Waals surface area contributed by atoms with Gasteiger partial charge in [0.05, 0.1) is 18.7 Å². The number of nitrogens with zero attached hydrogens (tertiary/aromatic N) is 2. The molecule has 0 radical (unpaired) electrons. The van der Waals surface area contributed by atoms with Crippen LogP contribution in [0.2, 0.25) is 0 Å². The molecule has 1 N–H and O–H groups in total. The Hall–Kier alpha value is -0.450.